The van der Waals surface area contributed by atoms with Gasteiger partial charge in [-0.15, -0.1) is 0 Å². The van der Waals surface area contributed by atoms with Gasteiger partial charge in [-0.3, -0.25) is 4.90 Å². The first-order chi connectivity index (χ1) is 15.6. The molecule has 1 aliphatic rings. The highest BCUT2D eigenvalue weighted by atomic mass is 28.4. The van der Waals surface area contributed by atoms with Crippen molar-refractivity contribution in [3.63, 3.8) is 0 Å². The zero-order chi connectivity index (χ0) is 25.5. The number of amides is 1. The normalized spacial score (nSPS) is 20.6. The second-order valence-corrected chi connectivity index (χ2v) is 16.7. The molecule has 6 nitrogen and oxygen atoms in total. The van der Waals surface area contributed by atoms with E-state index in [0.29, 0.717) is 13.0 Å². The van der Waals surface area contributed by atoms with Crippen molar-refractivity contribution in [2.45, 2.75) is 96.6 Å². The average molecular weight is 488 g/mol. The zero-order valence-corrected chi connectivity index (χ0v) is 22.9. The van der Waals surface area contributed by atoms with Crippen LogP contribution in [-0.2, 0) is 15.8 Å². The van der Waals surface area contributed by atoms with Crippen LogP contribution in [-0.4, -0.2) is 53.8 Å². The van der Waals surface area contributed by atoms with Crippen molar-refractivity contribution < 1.29 is 24.2 Å². The summed E-state index contributed by atoms with van der Waals surface area (Å²) in [4.78, 5) is 14.8. The number of fused-ring (bicyclic) bond motifs is 1. The molecule has 1 aliphatic heterocycles. The molecule has 0 spiro atoms. The Bertz CT molecular complexity index is 1020. The van der Waals surface area contributed by atoms with Gasteiger partial charge in [0.25, 0.3) is 0 Å². The Morgan fingerprint density at radius 1 is 1.09 bits per heavy atom. The third-order valence-corrected chi connectivity index (χ3v) is 11.6. The topological polar surface area (TPSA) is 79.2 Å². The molecular formula is C27H41NO5Si. The van der Waals surface area contributed by atoms with E-state index in [1.54, 1.807) is 4.90 Å². The Morgan fingerprint density at radius 2 is 1.71 bits per heavy atom. The number of carbonyl (C=O) groups excluding carboxylic acids is 1. The minimum Gasteiger partial charge on any atom is -0.444 e. The molecule has 1 heterocycles. The van der Waals surface area contributed by atoms with E-state index >= 15 is 0 Å². The molecule has 1 unspecified atom stereocenters. The summed E-state index contributed by atoms with van der Waals surface area (Å²) in [5.41, 5.74) is 0.904. The molecule has 0 radical (unpaired) electrons. The van der Waals surface area contributed by atoms with Crippen molar-refractivity contribution in [2.75, 3.05) is 6.54 Å². The van der Waals surface area contributed by atoms with Crippen LogP contribution < -0.4 is 0 Å². The largest absolute Gasteiger partial charge is 0.444 e. The van der Waals surface area contributed by atoms with Crippen molar-refractivity contribution in [1.29, 1.82) is 0 Å². The smallest absolute Gasteiger partial charge is 0.410 e. The maximum Gasteiger partial charge on any atom is 0.410 e. The van der Waals surface area contributed by atoms with Gasteiger partial charge < -0.3 is 19.4 Å². The summed E-state index contributed by atoms with van der Waals surface area (Å²) < 4.78 is 12.4. The Hall–Kier alpha value is -1.93. The molecule has 2 N–H and O–H groups in total. The van der Waals surface area contributed by atoms with Crippen molar-refractivity contribution in [3.05, 3.63) is 47.5 Å². The predicted molar refractivity (Wildman–Crippen MR) is 138 cm³/mol. The van der Waals surface area contributed by atoms with Gasteiger partial charge in [0.05, 0.1) is 18.8 Å². The molecule has 188 valence electrons. The summed E-state index contributed by atoms with van der Waals surface area (Å²) in [6.45, 7) is 16.8. The van der Waals surface area contributed by atoms with Crippen LogP contribution in [0.3, 0.4) is 0 Å². The quantitative estimate of drug-likeness (QED) is 0.524. The Morgan fingerprint density at radius 3 is 2.26 bits per heavy atom. The van der Waals surface area contributed by atoms with Gasteiger partial charge in [0, 0.05) is 6.54 Å². The first kappa shape index (κ1) is 26.7. The van der Waals surface area contributed by atoms with Crippen LogP contribution in [0.5, 0.6) is 0 Å². The maximum atomic E-state index is 13.2. The molecule has 2 aromatic rings. The van der Waals surface area contributed by atoms with Crippen molar-refractivity contribution in [2.24, 2.45) is 0 Å². The zero-order valence-electron chi connectivity index (χ0n) is 21.9. The number of ether oxygens (including phenoxy) is 1. The number of hydrogen-bond acceptors (Lipinski definition) is 5. The molecule has 3 atom stereocenters. The summed E-state index contributed by atoms with van der Waals surface area (Å²) in [7, 11) is -2.07. The number of carbonyl (C=O) groups is 1. The molecule has 34 heavy (non-hydrogen) atoms. The van der Waals surface area contributed by atoms with Gasteiger partial charge in [-0.1, -0.05) is 57.2 Å². The van der Waals surface area contributed by atoms with E-state index in [0.717, 1.165) is 21.9 Å². The van der Waals surface area contributed by atoms with E-state index in [2.05, 4.69) is 33.9 Å². The number of nitrogens with zero attached hydrogens (tertiary/aromatic N) is 1. The van der Waals surface area contributed by atoms with E-state index < -0.39 is 32.2 Å². The van der Waals surface area contributed by atoms with Crippen LogP contribution in [0.15, 0.2) is 36.4 Å². The maximum absolute atomic E-state index is 13.2. The van der Waals surface area contributed by atoms with E-state index in [-0.39, 0.29) is 17.7 Å². The highest BCUT2D eigenvalue weighted by molar-refractivity contribution is 6.74. The van der Waals surface area contributed by atoms with Crippen LogP contribution in [0.1, 0.15) is 65.2 Å². The van der Waals surface area contributed by atoms with Gasteiger partial charge in [0.1, 0.15) is 11.7 Å². The third-order valence-electron chi connectivity index (χ3n) is 7.10. The molecular weight excluding hydrogens is 446 g/mol. The lowest BCUT2D eigenvalue weighted by Gasteiger charge is -2.38. The fourth-order valence-electron chi connectivity index (χ4n) is 4.32. The second kappa shape index (κ2) is 9.61. The fourth-order valence-corrected chi connectivity index (χ4v) is 5.68. The average Bonchev–Trinajstić information content (AvgIpc) is 3.13. The minimum atomic E-state index is -2.07. The number of rotatable bonds is 5. The number of benzene rings is 2. The van der Waals surface area contributed by atoms with Gasteiger partial charge in [-0.05, 0) is 67.2 Å². The Labute approximate surface area is 205 Å². The molecule has 1 fully saturated rings. The first-order valence-corrected chi connectivity index (χ1v) is 15.0. The Kier molecular flexibility index (Phi) is 7.54. The van der Waals surface area contributed by atoms with E-state index in [1.165, 1.54) is 0 Å². The molecule has 3 rings (SSSR count). The van der Waals surface area contributed by atoms with Crippen molar-refractivity contribution >= 4 is 25.2 Å². The molecule has 0 aromatic heterocycles. The van der Waals surface area contributed by atoms with Gasteiger partial charge in [0.2, 0.25) is 0 Å². The lowest BCUT2D eigenvalue weighted by atomic mass is 9.92. The summed E-state index contributed by atoms with van der Waals surface area (Å²) in [5.74, 6) is 0. The summed E-state index contributed by atoms with van der Waals surface area (Å²) >= 11 is 0. The molecule has 0 saturated carbocycles. The molecule has 2 aromatic carbocycles. The third kappa shape index (κ3) is 5.65. The fraction of sp³-hybridized carbons (Fsp3) is 0.593. The second-order valence-electron chi connectivity index (χ2n) is 11.9. The van der Waals surface area contributed by atoms with Crippen LogP contribution in [0, 0.1) is 0 Å². The summed E-state index contributed by atoms with van der Waals surface area (Å²) in [6.07, 6.45) is -0.994. The number of hydrogen-bond donors (Lipinski definition) is 2. The van der Waals surface area contributed by atoms with Crippen LogP contribution >= 0.6 is 0 Å². The summed E-state index contributed by atoms with van der Waals surface area (Å²) in [5, 5.41) is 23.2. The van der Waals surface area contributed by atoms with Gasteiger partial charge in [-0.2, -0.15) is 0 Å². The first-order valence-electron chi connectivity index (χ1n) is 12.1. The van der Waals surface area contributed by atoms with Crippen molar-refractivity contribution in [1.82, 2.24) is 4.90 Å². The Balaban J connectivity index is 1.97. The minimum absolute atomic E-state index is 0.0385. The van der Waals surface area contributed by atoms with Crippen LogP contribution in [0.25, 0.3) is 10.8 Å². The summed E-state index contributed by atoms with van der Waals surface area (Å²) in [6, 6.07) is 11.0. The molecule has 1 saturated heterocycles. The van der Waals surface area contributed by atoms with Gasteiger partial charge >= 0.3 is 6.09 Å². The van der Waals surface area contributed by atoms with Gasteiger partial charge in [0.15, 0.2) is 8.32 Å². The monoisotopic (exact) mass is 487 g/mol. The lowest BCUT2D eigenvalue weighted by Crippen LogP contribution is -2.45. The highest BCUT2D eigenvalue weighted by Gasteiger charge is 2.46. The number of likely N-dealkylation sites (tertiary alicyclic amines) is 1. The van der Waals surface area contributed by atoms with Crippen LogP contribution in [0.4, 0.5) is 4.79 Å². The predicted octanol–water partition coefficient (Wildman–Crippen LogP) is 5.77. The lowest BCUT2D eigenvalue weighted by molar-refractivity contribution is 0.00465. The highest BCUT2D eigenvalue weighted by Crippen LogP contribution is 2.41. The molecule has 7 heteroatoms. The standard InChI is InChI=1S/C27H41NO5Si/c1-26(2,3)32-25(31)28-16-19(33-34(7,8)27(4,5)6)15-23(28)24(30)22-14-13-18(17-29)20-11-9-10-12-21(20)22/h9-14,19,23-24,29-30H,15-17H2,1-8H3/t19-,23+,24?/m1/s1. The molecule has 1 amide bonds. The molecule has 0 aliphatic carbocycles. The van der Waals surface area contributed by atoms with Gasteiger partial charge in [-0.25, -0.2) is 4.79 Å². The van der Waals surface area contributed by atoms with Crippen molar-refractivity contribution in [3.8, 4) is 0 Å². The SMILES string of the molecule is CC(C)(C)OC(=O)N1C[C@H](O[Si](C)(C)C(C)(C)C)C[C@H]1C(O)c1ccc(CO)c2ccccc12. The number of aliphatic hydroxyl groups is 2. The van der Waals surface area contributed by atoms with E-state index in [4.69, 9.17) is 9.16 Å². The van der Waals surface area contributed by atoms with E-state index in [1.807, 2.05) is 57.2 Å². The number of aliphatic hydroxyl groups excluding tert-OH is 2. The van der Waals surface area contributed by atoms with Crippen LogP contribution in [0.2, 0.25) is 18.1 Å². The molecule has 0 bridgehead atoms. The van der Waals surface area contributed by atoms with E-state index in [9.17, 15) is 15.0 Å².